The molecule has 0 amide bonds. The second-order valence-corrected chi connectivity index (χ2v) is 3.25. The maximum Gasteiger partial charge on any atom is 0.224 e. The molecular formula is C10H10N6O. The Morgan fingerprint density at radius 1 is 1.12 bits per heavy atom. The number of rotatable bonds is 3. The first-order valence-corrected chi connectivity index (χ1v) is 4.79. The van der Waals surface area contributed by atoms with Gasteiger partial charge in [0.2, 0.25) is 5.95 Å². The van der Waals surface area contributed by atoms with Crippen LogP contribution in [0.3, 0.4) is 0 Å². The summed E-state index contributed by atoms with van der Waals surface area (Å²) in [6, 6.07) is 9.16. The van der Waals surface area contributed by atoms with E-state index in [0.29, 0.717) is 0 Å². The zero-order valence-electron chi connectivity index (χ0n) is 8.79. The molecule has 0 unspecified atom stereocenters. The lowest BCUT2D eigenvalue weighted by Gasteiger charge is -2.08. The summed E-state index contributed by atoms with van der Waals surface area (Å²) in [5.41, 5.74) is 11.7. The second-order valence-electron chi connectivity index (χ2n) is 3.25. The van der Waals surface area contributed by atoms with E-state index in [1.807, 2.05) is 30.3 Å². The molecule has 1 aromatic carbocycles. The quantitative estimate of drug-likeness (QED) is 0.691. The standard InChI is InChI=1S/C10H10N6O/c11-8-7(16-17)9(15-10(12)14-8)13-6-4-2-1-3-5-6/h1-5H,(H5,11,12,13,14,15). The Morgan fingerprint density at radius 3 is 2.47 bits per heavy atom. The summed E-state index contributed by atoms with van der Waals surface area (Å²) in [5.74, 6) is 0.121. The van der Waals surface area contributed by atoms with Crippen LogP contribution >= 0.6 is 0 Å². The minimum atomic E-state index is -0.0527. The lowest BCUT2D eigenvalue weighted by Crippen LogP contribution is -2.03. The molecule has 7 heteroatoms. The molecule has 0 saturated carbocycles. The van der Waals surface area contributed by atoms with E-state index in [1.54, 1.807) is 0 Å². The average molecular weight is 230 g/mol. The third-order valence-corrected chi connectivity index (χ3v) is 2.06. The highest BCUT2D eigenvalue weighted by Gasteiger charge is 2.12. The highest BCUT2D eigenvalue weighted by atomic mass is 16.3. The van der Waals surface area contributed by atoms with Crippen LogP contribution in [0, 0.1) is 4.91 Å². The number of nitrogens with zero attached hydrogens (tertiary/aromatic N) is 3. The summed E-state index contributed by atoms with van der Waals surface area (Å²) >= 11 is 0. The number of hydrogen-bond acceptors (Lipinski definition) is 7. The number of benzene rings is 1. The smallest absolute Gasteiger partial charge is 0.224 e. The summed E-state index contributed by atoms with van der Waals surface area (Å²) in [5, 5.41) is 5.69. The van der Waals surface area contributed by atoms with Gasteiger partial charge in [-0.05, 0) is 17.3 Å². The summed E-state index contributed by atoms with van der Waals surface area (Å²) in [6.45, 7) is 0. The van der Waals surface area contributed by atoms with Crippen LogP contribution in [0.15, 0.2) is 35.5 Å². The Morgan fingerprint density at radius 2 is 1.82 bits per heavy atom. The second kappa shape index (κ2) is 4.44. The number of hydrogen-bond donors (Lipinski definition) is 3. The molecule has 0 bridgehead atoms. The van der Waals surface area contributed by atoms with Crippen LogP contribution in [-0.2, 0) is 0 Å². The lowest BCUT2D eigenvalue weighted by molar-refractivity contribution is 1.18. The molecule has 0 spiro atoms. The van der Waals surface area contributed by atoms with Gasteiger partial charge in [-0.15, -0.1) is 4.91 Å². The fourth-order valence-corrected chi connectivity index (χ4v) is 1.33. The van der Waals surface area contributed by atoms with Gasteiger partial charge in [0.25, 0.3) is 0 Å². The molecule has 7 nitrogen and oxygen atoms in total. The van der Waals surface area contributed by atoms with Crippen LogP contribution in [0.25, 0.3) is 0 Å². The molecule has 0 atom stereocenters. The van der Waals surface area contributed by atoms with Crippen molar-refractivity contribution in [1.82, 2.24) is 9.97 Å². The number of nitrogen functional groups attached to an aromatic ring is 2. The Labute approximate surface area is 96.9 Å². The Bertz CT molecular complexity index is 542. The van der Waals surface area contributed by atoms with Crippen molar-refractivity contribution in [2.75, 3.05) is 16.8 Å². The van der Waals surface area contributed by atoms with Gasteiger partial charge in [0.05, 0.1) is 0 Å². The molecular weight excluding hydrogens is 220 g/mol. The van der Waals surface area contributed by atoms with Crippen molar-refractivity contribution in [2.45, 2.75) is 0 Å². The van der Waals surface area contributed by atoms with E-state index in [2.05, 4.69) is 20.5 Å². The maximum absolute atomic E-state index is 10.7. The van der Waals surface area contributed by atoms with Crippen molar-refractivity contribution >= 4 is 29.0 Å². The van der Waals surface area contributed by atoms with E-state index in [0.717, 1.165) is 5.69 Å². The molecule has 2 rings (SSSR count). The van der Waals surface area contributed by atoms with Crippen LogP contribution in [0.4, 0.5) is 29.0 Å². The van der Waals surface area contributed by atoms with Crippen LogP contribution in [-0.4, -0.2) is 9.97 Å². The largest absolute Gasteiger partial charge is 0.382 e. The molecule has 17 heavy (non-hydrogen) atoms. The van der Waals surface area contributed by atoms with E-state index in [4.69, 9.17) is 11.5 Å². The van der Waals surface area contributed by atoms with Crippen LogP contribution in [0.2, 0.25) is 0 Å². The zero-order valence-corrected chi connectivity index (χ0v) is 8.79. The number of aromatic nitrogens is 2. The van der Waals surface area contributed by atoms with E-state index in [-0.39, 0.29) is 23.3 Å². The van der Waals surface area contributed by atoms with Gasteiger partial charge in [0.15, 0.2) is 17.3 Å². The number of para-hydroxylation sites is 1. The molecule has 0 fully saturated rings. The number of anilines is 4. The molecule has 1 aromatic heterocycles. The molecule has 0 aliphatic rings. The normalized spacial score (nSPS) is 9.88. The zero-order chi connectivity index (χ0) is 12.3. The molecule has 0 aliphatic carbocycles. The predicted octanol–water partition coefficient (Wildman–Crippen LogP) is 1.78. The molecule has 5 N–H and O–H groups in total. The fourth-order valence-electron chi connectivity index (χ4n) is 1.33. The van der Waals surface area contributed by atoms with Gasteiger partial charge in [-0.3, -0.25) is 0 Å². The number of nitroso groups, excluding NO2 is 1. The van der Waals surface area contributed by atoms with Crippen molar-refractivity contribution in [3.05, 3.63) is 35.2 Å². The highest BCUT2D eigenvalue weighted by molar-refractivity contribution is 5.77. The first kappa shape index (κ1) is 10.8. The Kier molecular flexibility index (Phi) is 2.82. The van der Waals surface area contributed by atoms with Crippen LogP contribution in [0.5, 0.6) is 0 Å². The summed E-state index contributed by atoms with van der Waals surface area (Å²) < 4.78 is 0. The van der Waals surface area contributed by atoms with Gasteiger partial charge >= 0.3 is 0 Å². The summed E-state index contributed by atoms with van der Waals surface area (Å²) in [4.78, 5) is 18.2. The monoisotopic (exact) mass is 230 g/mol. The van der Waals surface area contributed by atoms with E-state index in [9.17, 15) is 4.91 Å². The van der Waals surface area contributed by atoms with Gasteiger partial charge in [-0.25, -0.2) is 0 Å². The maximum atomic E-state index is 10.7. The first-order chi connectivity index (χ1) is 8.20. The van der Waals surface area contributed by atoms with Crippen molar-refractivity contribution in [3.8, 4) is 0 Å². The third-order valence-electron chi connectivity index (χ3n) is 2.06. The summed E-state index contributed by atoms with van der Waals surface area (Å²) in [6.07, 6.45) is 0. The van der Waals surface area contributed by atoms with Crippen LogP contribution in [0.1, 0.15) is 0 Å². The average Bonchev–Trinajstić information content (AvgIpc) is 2.30. The number of nitrogens with one attached hydrogen (secondary N) is 1. The van der Waals surface area contributed by atoms with Gasteiger partial charge in [0, 0.05) is 5.69 Å². The van der Waals surface area contributed by atoms with E-state index >= 15 is 0 Å². The topological polar surface area (TPSA) is 119 Å². The third kappa shape index (κ3) is 2.28. The molecule has 1 heterocycles. The van der Waals surface area contributed by atoms with Crippen molar-refractivity contribution in [1.29, 1.82) is 0 Å². The van der Waals surface area contributed by atoms with Gasteiger partial charge in [0.1, 0.15) is 0 Å². The SMILES string of the molecule is Nc1nc(N)c(N=O)c(Nc2ccccc2)n1. The van der Waals surface area contributed by atoms with Crippen molar-refractivity contribution in [3.63, 3.8) is 0 Å². The molecule has 0 radical (unpaired) electrons. The van der Waals surface area contributed by atoms with Crippen LogP contribution < -0.4 is 16.8 Å². The Hall–Kier alpha value is -2.70. The summed E-state index contributed by atoms with van der Waals surface area (Å²) in [7, 11) is 0. The molecule has 2 aromatic rings. The van der Waals surface area contributed by atoms with E-state index in [1.165, 1.54) is 0 Å². The van der Waals surface area contributed by atoms with Gasteiger partial charge in [-0.1, -0.05) is 18.2 Å². The minimum absolute atomic E-state index is 0.0201. The lowest BCUT2D eigenvalue weighted by atomic mass is 10.3. The first-order valence-electron chi connectivity index (χ1n) is 4.79. The molecule has 0 aliphatic heterocycles. The molecule has 0 saturated heterocycles. The highest BCUT2D eigenvalue weighted by Crippen LogP contribution is 2.30. The fraction of sp³-hybridized carbons (Fsp3) is 0. The van der Waals surface area contributed by atoms with Crippen molar-refractivity contribution < 1.29 is 0 Å². The van der Waals surface area contributed by atoms with Gasteiger partial charge in [-0.2, -0.15) is 9.97 Å². The van der Waals surface area contributed by atoms with E-state index < -0.39 is 0 Å². The van der Waals surface area contributed by atoms with Crippen molar-refractivity contribution in [2.24, 2.45) is 5.18 Å². The molecule has 86 valence electrons. The van der Waals surface area contributed by atoms with Gasteiger partial charge < -0.3 is 16.8 Å². The number of nitrogens with two attached hydrogens (primary N) is 2. The minimum Gasteiger partial charge on any atom is -0.382 e. The Balaban J connectivity index is 2.41. The predicted molar refractivity (Wildman–Crippen MR) is 66.0 cm³/mol.